The molecule has 2 aromatic carbocycles. The van der Waals surface area contributed by atoms with E-state index in [-0.39, 0.29) is 62.0 Å². The van der Waals surface area contributed by atoms with Crippen LogP contribution in [0.2, 0.25) is 5.02 Å². The summed E-state index contributed by atoms with van der Waals surface area (Å²) < 4.78 is 70.6. The number of hydrogen-bond acceptors (Lipinski definition) is 9. The summed E-state index contributed by atoms with van der Waals surface area (Å²) in [6.07, 6.45) is 8.67. The van der Waals surface area contributed by atoms with Gasteiger partial charge in [0.05, 0.1) is 18.4 Å². The van der Waals surface area contributed by atoms with E-state index in [0.717, 1.165) is 42.1 Å². The minimum Gasteiger partial charge on any atom is -0.490 e. The summed E-state index contributed by atoms with van der Waals surface area (Å²) in [5.74, 6) is -0.364. The first-order valence-corrected chi connectivity index (χ1v) is 22.1. The lowest BCUT2D eigenvalue weighted by Gasteiger charge is -2.46. The summed E-state index contributed by atoms with van der Waals surface area (Å²) >= 11 is 6.44. The molecule has 1 saturated carbocycles. The number of aryl methyl sites for hydroxylation is 1. The van der Waals surface area contributed by atoms with E-state index in [0.29, 0.717) is 36.4 Å². The number of nitrogens with one attached hydrogen (secondary N) is 1. The van der Waals surface area contributed by atoms with E-state index in [1.807, 2.05) is 18.2 Å². The van der Waals surface area contributed by atoms with E-state index in [1.165, 1.54) is 34.4 Å². The van der Waals surface area contributed by atoms with Crippen LogP contribution in [0.3, 0.4) is 0 Å². The Hall–Kier alpha value is -3.21. The Morgan fingerprint density at radius 2 is 1.85 bits per heavy atom. The Balaban J connectivity index is 1.21. The van der Waals surface area contributed by atoms with Crippen molar-refractivity contribution in [3.8, 4) is 5.75 Å². The standard InChI is InChI=1S/C38H50ClN5O8S2/c1-41(2)54(49,50)44-19-17-42(18-20-44)37(46)35-9-5-4-8-33(51-3)30-13-10-28(30)23-43-24-38(16-6-7-26-21-29(39)12-14-31(26)38)25-52-34-15-11-27(22-32(34)43)36(45)40-53(35,47)48/h4,8,11-12,14-15,21-22,28,30,33,35H,5-7,9-10,13,16-20,23-25H2,1-3H3,(H,40,45)/b8-4-/t28-,30+,33-,35+,38-/m0/s1. The van der Waals surface area contributed by atoms with Crippen molar-refractivity contribution in [2.24, 2.45) is 11.8 Å². The number of amides is 2. The zero-order valence-corrected chi connectivity index (χ0v) is 33.5. The number of hydrogen-bond donors (Lipinski definition) is 1. The number of nitrogens with zero attached hydrogens (tertiary/aromatic N) is 4. The molecule has 1 saturated heterocycles. The number of sulfonamides is 1. The lowest BCUT2D eigenvalue weighted by molar-refractivity contribution is -0.132. The summed E-state index contributed by atoms with van der Waals surface area (Å²) in [5, 5.41) is -0.869. The Labute approximate surface area is 323 Å². The van der Waals surface area contributed by atoms with Crippen LogP contribution < -0.4 is 14.4 Å². The van der Waals surface area contributed by atoms with Crippen LogP contribution in [0.15, 0.2) is 48.6 Å². The maximum atomic E-state index is 14.0. The van der Waals surface area contributed by atoms with Gasteiger partial charge in [0.2, 0.25) is 15.9 Å². The molecular weight excluding hydrogens is 754 g/mol. The second-order valence-corrected chi connectivity index (χ2v) is 19.9. The Bertz CT molecular complexity index is 2020. The summed E-state index contributed by atoms with van der Waals surface area (Å²) in [7, 11) is -3.67. The van der Waals surface area contributed by atoms with Crippen LogP contribution in [-0.4, -0.2) is 121 Å². The van der Waals surface area contributed by atoms with Gasteiger partial charge in [-0.25, -0.2) is 13.1 Å². The second kappa shape index (κ2) is 15.4. The van der Waals surface area contributed by atoms with Gasteiger partial charge in [0.15, 0.2) is 5.25 Å². The highest BCUT2D eigenvalue weighted by molar-refractivity contribution is 7.91. The van der Waals surface area contributed by atoms with Crippen molar-refractivity contribution in [3.63, 3.8) is 0 Å². The number of methoxy groups -OCH3 is 1. The van der Waals surface area contributed by atoms with E-state index in [4.69, 9.17) is 21.1 Å². The van der Waals surface area contributed by atoms with Crippen LogP contribution in [0.25, 0.3) is 0 Å². The summed E-state index contributed by atoms with van der Waals surface area (Å²) in [6.45, 7) is 1.90. The van der Waals surface area contributed by atoms with Gasteiger partial charge < -0.3 is 19.3 Å². The van der Waals surface area contributed by atoms with Crippen molar-refractivity contribution in [3.05, 3.63) is 70.3 Å². The minimum absolute atomic E-state index is 0.0240. The molecule has 2 aromatic rings. The average Bonchev–Trinajstić information content (AvgIpc) is 3.28. The third-order valence-electron chi connectivity index (χ3n) is 12.1. The van der Waals surface area contributed by atoms with E-state index in [9.17, 15) is 26.4 Å². The number of benzene rings is 2. The molecule has 13 nitrogen and oxygen atoms in total. The predicted octanol–water partition coefficient (Wildman–Crippen LogP) is 3.58. The monoisotopic (exact) mass is 803 g/mol. The highest BCUT2D eigenvalue weighted by Crippen LogP contribution is 2.47. The summed E-state index contributed by atoms with van der Waals surface area (Å²) in [5.41, 5.74) is 2.98. The van der Waals surface area contributed by atoms with E-state index < -0.39 is 37.3 Å². The van der Waals surface area contributed by atoms with Gasteiger partial charge in [0.1, 0.15) is 5.75 Å². The quantitative estimate of drug-likeness (QED) is 0.459. The molecular formula is C38H50ClN5O8S2. The van der Waals surface area contributed by atoms with Crippen LogP contribution in [0.1, 0.15) is 60.0 Å². The molecule has 2 bridgehead atoms. The van der Waals surface area contributed by atoms with Gasteiger partial charge in [-0.2, -0.15) is 17.0 Å². The van der Waals surface area contributed by atoms with Crippen LogP contribution in [-0.2, 0) is 41.6 Å². The molecule has 0 radical (unpaired) electrons. The van der Waals surface area contributed by atoms with E-state index in [2.05, 4.69) is 21.8 Å². The number of anilines is 1. The number of halogens is 1. The second-order valence-electron chi connectivity index (χ2n) is 15.5. The van der Waals surface area contributed by atoms with Crippen molar-refractivity contribution < 1.29 is 35.9 Å². The van der Waals surface area contributed by atoms with Crippen molar-refractivity contribution >= 4 is 49.3 Å². The van der Waals surface area contributed by atoms with Crippen LogP contribution in [0.4, 0.5) is 5.69 Å². The molecule has 7 rings (SSSR count). The maximum absolute atomic E-state index is 14.0. The molecule has 0 unspecified atom stereocenters. The molecule has 0 aromatic heterocycles. The fraction of sp³-hybridized carbons (Fsp3) is 0.579. The third-order valence-corrected chi connectivity index (χ3v) is 15.9. The predicted molar refractivity (Wildman–Crippen MR) is 207 cm³/mol. The SMILES string of the molecule is CO[C@H]1/C=C\CC[C@H](C(=O)N2CCN(S(=O)(=O)N(C)C)CC2)S(=O)(=O)NC(=O)c2ccc3c(c2)N(C[C@@H]2CC[C@H]21)C[C@@]1(CCCc2cc(Cl)ccc21)CO3. The first-order valence-electron chi connectivity index (χ1n) is 18.7. The molecule has 1 N–H and O–H groups in total. The lowest BCUT2D eigenvalue weighted by atomic mass is 9.68. The van der Waals surface area contributed by atoms with Gasteiger partial charge in [-0.15, -0.1) is 0 Å². The molecule has 16 heteroatoms. The smallest absolute Gasteiger partial charge is 0.281 e. The summed E-state index contributed by atoms with van der Waals surface area (Å²) in [4.78, 5) is 31.5. The molecule has 3 heterocycles. The summed E-state index contributed by atoms with van der Waals surface area (Å²) in [6, 6.07) is 11.1. The molecule has 1 spiro atoms. The molecule has 2 aliphatic carbocycles. The first kappa shape index (κ1) is 39.0. The molecule has 5 aliphatic rings. The Morgan fingerprint density at radius 3 is 2.56 bits per heavy atom. The highest BCUT2D eigenvalue weighted by atomic mass is 35.5. The average molecular weight is 804 g/mol. The number of carbonyl (C=O) groups is 2. The fourth-order valence-corrected chi connectivity index (χ4v) is 11.6. The lowest BCUT2D eigenvalue weighted by Crippen LogP contribution is -2.56. The van der Waals surface area contributed by atoms with Gasteiger partial charge in [-0.1, -0.05) is 29.8 Å². The molecule has 3 aliphatic heterocycles. The molecule has 5 atom stereocenters. The molecule has 54 heavy (non-hydrogen) atoms. The van der Waals surface area contributed by atoms with Crippen molar-refractivity contribution in [2.75, 3.05) is 72.0 Å². The van der Waals surface area contributed by atoms with Gasteiger partial charge >= 0.3 is 0 Å². The van der Waals surface area contributed by atoms with Gasteiger partial charge in [-0.3, -0.25) is 9.59 Å². The number of allylic oxidation sites excluding steroid dienone is 1. The largest absolute Gasteiger partial charge is 0.490 e. The van der Waals surface area contributed by atoms with Gasteiger partial charge in [0.25, 0.3) is 16.1 Å². The number of rotatable bonds is 4. The molecule has 2 fully saturated rings. The van der Waals surface area contributed by atoms with Crippen LogP contribution >= 0.6 is 11.6 Å². The van der Waals surface area contributed by atoms with Gasteiger partial charge in [0, 0.05) is 76.5 Å². The number of fused-ring (bicyclic) bond motifs is 4. The molecule has 294 valence electrons. The van der Waals surface area contributed by atoms with Crippen molar-refractivity contribution in [1.82, 2.24) is 18.2 Å². The Morgan fingerprint density at radius 1 is 1.07 bits per heavy atom. The minimum atomic E-state index is -4.53. The normalized spacial score (nSPS) is 29.6. The Kier molecular flexibility index (Phi) is 11.1. The first-order chi connectivity index (χ1) is 25.7. The zero-order valence-electron chi connectivity index (χ0n) is 31.1. The zero-order chi connectivity index (χ0) is 38.4. The van der Waals surface area contributed by atoms with Crippen LogP contribution in [0, 0.1) is 11.8 Å². The topological polar surface area (TPSA) is 146 Å². The molecule has 2 amide bonds. The van der Waals surface area contributed by atoms with Gasteiger partial charge in [-0.05, 0) is 98.2 Å². The van der Waals surface area contributed by atoms with Crippen molar-refractivity contribution in [1.29, 1.82) is 0 Å². The number of carbonyl (C=O) groups excluding carboxylic acids is 2. The van der Waals surface area contributed by atoms with E-state index in [1.54, 1.807) is 25.3 Å². The highest BCUT2D eigenvalue weighted by Gasteiger charge is 2.45. The maximum Gasteiger partial charge on any atom is 0.281 e. The van der Waals surface area contributed by atoms with Crippen LogP contribution in [0.5, 0.6) is 5.75 Å². The number of ether oxygens (including phenoxy) is 2. The van der Waals surface area contributed by atoms with Crippen molar-refractivity contribution in [2.45, 2.75) is 61.7 Å². The fourth-order valence-electron chi connectivity index (χ4n) is 8.91. The third kappa shape index (κ3) is 7.51. The van der Waals surface area contributed by atoms with E-state index >= 15 is 0 Å². The number of piperazine rings is 1.